The first-order chi connectivity index (χ1) is 3.93. The Morgan fingerprint density at radius 3 is 3.00 bits per heavy atom. The number of hydrogen-bond acceptors (Lipinski definition) is 2. The summed E-state index contributed by atoms with van der Waals surface area (Å²) in [6.07, 6.45) is 4.20. The molecule has 1 aliphatic heterocycles. The Morgan fingerprint density at radius 2 is 2.62 bits per heavy atom. The summed E-state index contributed by atoms with van der Waals surface area (Å²) in [4.78, 5) is 0. The third kappa shape index (κ3) is 1.46. The van der Waals surface area contributed by atoms with Crippen LogP contribution in [-0.4, -0.2) is 24.4 Å². The van der Waals surface area contributed by atoms with Crippen molar-refractivity contribution in [3.8, 4) is 0 Å². The van der Waals surface area contributed by atoms with Crippen LogP contribution in [0.1, 0.15) is 12.8 Å². The lowest BCUT2D eigenvalue weighted by Crippen LogP contribution is -2.22. The van der Waals surface area contributed by atoms with Crippen molar-refractivity contribution in [2.24, 2.45) is 0 Å². The summed E-state index contributed by atoms with van der Waals surface area (Å²) in [6, 6.07) is 0. The van der Waals surface area contributed by atoms with Gasteiger partial charge in [-0.25, -0.2) is 0 Å². The Hall–Kier alpha value is -0.0800. The molecule has 0 aromatic heterocycles. The number of hydrogen-bond donors (Lipinski definition) is 1. The summed E-state index contributed by atoms with van der Waals surface area (Å²) in [7, 11) is 0. The van der Waals surface area contributed by atoms with E-state index in [2.05, 4.69) is 6.42 Å². The minimum atomic E-state index is 0.0868. The van der Waals surface area contributed by atoms with Gasteiger partial charge < -0.3 is 9.84 Å². The van der Waals surface area contributed by atoms with E-state index in [4.69, 9.17) is 9.84 Å². The summed E-state index contributed by atoms with van der Waals surface area (Å²) in [5, 5.41) is 8.55. The van der Waals surface area contributed by atoms with Crippen LogP contribution in [0.4, 0.5) is 0 Å². The predicted molar refractivity (Wildman–Crippen MR) is 30.4 cm³/mol. The summed E-state index contributed by atoms with van der Waals surface area (Å²) in [5.41, 5.74) is 0. The fourth-order valence-corrected chi connectivity index (χ4v) is 0.817. The second kappa shape index (κ2) is 3.05. The zero-order chi connectivity index (χ0) is 5.82. The van der Waals surface area contributed by atoms with E-state index in [0.717, 1.165) is 19.4 Å². The maximum atomic E-state index is 8.55. The van der Waals surface area contributed by atoms with Crippen LogP contribution in [0.15, 0.2) is 0 Å². The molecule has 2 heteroatoms. The molecule has 0 aromatic carbocycles. The molecule has 1 saturated heterocycles. The summed E-state index contributed by atoms with van der Waals surface area (Å²) in [6.45, 7) is 0.946. The lowest BCUT2D eigenvalue weighted by molar-refractivity contribution is -0.00245. The molecular weight excluding hydrogens is 104 g/mol. The average Bonchev–Trinajstić information content (AvgIpc) is 1.90. The van der Waals surface area contributed by atoms with E-state index in [1.807, 2.05) is 0 Å². The van der Waals surface area contributed by atoms with Crippen molar-refractivity contribution in [1.29, 1.82) is 0 Å². The van der Waals surface area contributed by atoms with Gasteiger partial charge in [-0.05, 0) is 19.3 Å². The largest absolute Gasteiger partial charge is 0.394 e. The van der Waals surface area contributed by atoms with Gasteiger partial charge in [0, 0.05) is 6.61 Å². The van der Waals surface area contributed by atoms with Crippen LogP contribution in [-0.2, 0) is 4.74 Å². The molecule has 1 radical (unpaired) electrons. The van der Waals surface area contributed by atoms with Crippen LogP contribution in [0.25, 0.3) is 0 Å². The van der Waals surface area contributed by atoms with Gasteiger partial charge in [-0.2, -0.15) is 0 Å². The number of ether oxygens (including phenoxy) is 1. The molecule has 1 aliphatic rings. The maximum absolute atomic E-state index is 8.55. The molecule has 0 amide bonds. The van der Waals surface area contributed by atoms with Crippen LogP contribution in [0, 0.1) is 6.42 Å². The smallest absolute Gasteiger partial charge is 0.0808 e. The summed E-state index contributed by atoms with van der Waals surface area (Å²) >= 11 is 0. The third-order valence-corrected chi connectivity index (χ3v) is 1.31. The van der Waals surface area contributed by atoms with Crippen LogP contribution in [0.5, 0.6) is 0 Å². The second-order valence-corrected chi connectivity index (χ2v) is 1.99. The minimum absolute atomic E-state index is 0.0868. The Morgan fingerprint density at radius 1 is 1.75 bits per heavy atom. The SMILES string of the molecule is OC[C@@H]1C[CH]CCO1. The number of aliphatic hydroxyl groups excluding tert-OH is 1. The van der Waals surface area contributed by atoms with Crippen molar-refractivity contribution < 1.29 is 9.84 Å². The van der Waals surface area contributed by atoms with Crippen LogP contribution >= 0.6 is 0 Å². The van der Waals surface area contributed by atoms with E-state index >= 15 is 0 Å². The van der Waals surface area contributed by atoms with Gasteiger partial charge in [-0.15, -0.1) is 0 Å². The van der Waals surface area contributed by atoms with E-state index in [1.165, 1.54) is 0 Å². The predicted octanol–water partition coefficient (Wildman–Crippen LogP) is 0.362. The molecule has 0 spiro atoms. The number of rotatable bonds is 1. The minimum Gasteiger partial charge on any atom is -0.394 e. The van der Waals surface area contributed by atoms with E-state index in [1.54, 1.807) is 0 Å². The van der Waals surface area contributed by atoms with Gasteiger partial charge in [-0.3, -0.25) is 0 Å². The first-order valence-electron chi connectivity index (χ1n) is 2.97. The molecule has 8 heavy (non-hydrogen) atoms. The lowest BCUT2D eigenvalue weighted by atomic mass is 10.1. The Bertz CT molecular complexity index is 57.5. The first-order valence-corrected chi connectivity index (χ1v) is 2.97. The fraction of sp³-hybridized carbons (Fsp3) is 0.833. The highest BCUT2D eigenvalue weighted by atomic mass is 16.5. The molecular formula is C6H11O2. The van der Waals surface area contributed by atoms with Crippen molar-refractivity contribution in [3.05, 3.63) is 6.42 Å². The lowest BCUT2D eigenvalue weighted by Gasteiger charge is -2.19. The zero-order valence-corrected chi connectivity index (χ0v) is 4.84. The van der Waals surface area contributed by atoms with Crippen LogP contribution < -0.4 is 0 Å². The van der Waals surface area contributed by atoms with Gasteiger partial charge >= 0.3 is 0 Å². The second-order valence-electron chi connectivity index (χ2n) is 1.99. The fourth-order valence-electron chi connectivity index (χ4n) is 0.817. The highest BCUT2D eigenvalue weighted by Crippen LogP contribution is 2.09. The highest BCUT2D eigenvalue weighted by molar-refractivity contribution is 4.75. The molecule has 1 N–H and O–H groups in total. The molecule has 0 bridgehead atoms. The van der Waals surface area contributed by atoms with Crippen molar-refractivity contribution >= 4 is 0 Å². The topological polar surface area (TPSA) is 29.5 Å². The zero-order valence-electron chi connectivity index (χ0n) is 4.84. The first kappa shape index (κ1) is 6.05. The van der Waals surface area contributed by atoms with E-state index in [0.29, 0.717) is 0 Å². The quantitative estimate of drug-likeness (QED) is 0.534. The average molecular weight is 115 g/mol. The van der Waals surface area contributed by atoms with Crippen molar-refractivity contribution in [3.63, 3.8) is 0 Å². The van der Waals surface area contributed by atoms with Crippen LogP contribution in [0.2, 0.25) is 0 Å². The van der Waals surface area contributed by atoms with E-state index < -0.39 is 0 Å². The number of aliphatic hydroxyl groups is 1. The molecule has 0 unspecified atom stereocenters. The van der Waals surface area contributed by atoms with Gasteiger partial charge in [0.1, 0.15) is 0 Å². The van der Waals surface area contributed by atoms with Crippen molar-refractivity contribution in [2.75, 3.05) is 13.2 Å². The monoisotopic (exact) mass is 115 g/mol. The molecule has 1 atom stereocenters. The van der Waals surface area contributed by atoms with E-state index in [9.17, 15) is 0 Å². The van der Waals surface area contributed by atoms with Gasteiger partial charge in [0.25, 0.3) is 0 Å². The molecule has 0 saturated carbocycles. The van der Waals surface area contributed by atoms with Gasteiger partial charge in [0.15, 0.2) is 0 Å². The molecule has 0 aromatic rings. The normalized spacial score (nSPS) is 30.4. The van der Waals surface area contributed by atoms with Crippen LogP contribution in [0.3, 0.4) is 0 Å². The Kier molecular flexibility index (Phi) is 2.30. The Labute approximate surface area is 49.5 Å². The molecule has 47 valence electrons. The van der Waals surface area contributed by atoms with Gasteiger partial charge in [0.2, 0.25) is 0 Å². The molecule has 0 aliphatic carbocycles. The molecule has 1 rings (SSSR count). The molecule has 1 heterocycles. The van der Waals surface area contributed by atoms with Crippen molar-refractivity contribution in [2.45, 2.75) is 18.9 Å². The van der Waals surface area contributed by atoms with Crippen molar-refractivity contribution in [1.82, 2.24) is 0 Å². The summed E-state index contributed by atoms with van der Waals surface area (Å²) < 4.78 is 5.15. The molecule has 2 nitrogen and oxygen atoms in total. The van der Waals surface area contributed by atoms with E-state index in [-0.39, 0.29) is 12.7 Å². The third-order valence-electron chi connectivity index (χ3n) is 1.31. The summed E-state index contributed by atoms with van der Waals surface area (Å²) in [5.74, 6) is 0. The highest BCUT2D eigenvalue weighted by Gasteiger charge is 2.11. The van der Waals surface area contributed by atoms with Gasteiger partial charge in [-0.1, -0.05) is 0 Å². The standard InChI is InChI=1S/C6H11O2/c7-5-6-3-1-2-4-8-6/h1,6-7H,2-5H2/t6-/m0/s1. The Balaban J connectivity index is 2.13. The molecule has 1 fully saturated rings. The maximum Gasteiger partial charge on any atom is 0.0808 e. The van der Waals surface area contributed by atoms with Gasteiger partial charge in [0.05, 0.1) is 12.7 Å².